The van der Waals surface area contributed by atoms with Gasteiger partial charge in [-0.15, -0.1) is 0 Å². The number of carbonyl (C=O) groups excluding carboxylic acids is 1. The average Bonchev–Trinajstić information content (AvgIpc) is 3.06. The van der Waals surface area contributed by atoms with E-state index in [-0.39, 0.29) is 5.91 Å². The van der Waals surface area contributed by atoms with Gasteiger partial charge >= 0.3 is 0 Å². The highest BCUT2D eigenvalue weighted by Gasteiger charge is 2.13. The third-order valence-corrected chi connectivity index (χ3v) is 4.63. The molecular weight excluding hydrogens is 338 g/mol. The molecule has 0 amide bonds. The van der Waals surface area contributed by atoms with Crippen LogP contribution in [0.3, 0.4) is 0 Å². The molecule has 0 radical (unpaired) electrons. The van der Waals surface area contributed by atoms with Crippen LogP contribution >= 0.6 is 0 Å². The number of ether oxygens (including phenoxy) is 2. The first-order valence-corrected chi connectivity index (χ1v) is 8.65. The van der Waals surface area contributed by atoms with Crippen molar-refractivity contribution in [3.63, 3.8) is 0 Å². The number of benzene rings is 3. The Balaban J connectivity index is 1.76. The second-order valence-electron chi connectivity index (χ2n) is 6.16. The number of nitrogens with zero attached hydrogens (tertiary/aromatic N) is 1. The number of rotatable bonds is 4. The quantitative estimate of drug-likeness (QED) is 0.473. The summed E-state index contributed by atoms with van der Waals surface area (Å²) in [4.78, 5) is 13.0. The van der Waals surface area contributed by atoms with Crippen LogP contribution in [0.25, 0.3) is 27.9 Å². The largest absolute Gasteiger partial charge is 0.493 e. The molecule has 3 aromatic carbocycles. The maximum absolute atomic E-state index is 13.0. The van der Waals surface area contributed by atoms with E-state index in [2.05, 4.69) is 0 Å². The van der Waals surface area contributed by atoms with E-state index >= 15 is 0 Å². The van der Waals surface area contributed by atoms with Gasteiger partial charge in [0.15, 0.2) is 11.5 Å². The van der Waals surface area contributed by atoms with Gasteiger partial charge in [-0.1, -0.05) is 42.5 Å². The van der Waals surface area contributed by atoms with Gasteiger partial charge in [0.2, 0.25) is 0 Å². The van der Waals surface area contributed by atoms with Gasteiger partial charge in [0.25, 0.3) is 5.91 Å². The molecule has 0 fully saturated rings. The first kappa shape index (κ1) is 16.9. The lowest BCUT2D eigenvalue weighted by atomic mass is 10.2. The summed E-state index contributed by atoms with van der Waals surface area (Å²) in [6.45, 7) is 0. The third-order valence-electron chi connectivity index (χ3n) is 4.63. The summed E-state index contributed by atoms with van der Waals surface area (Å²) in [6, 6.07) is 21.4. The van der Waals surface area contributed by atoms with Crippen molar-refractivity contribution < 1.29 is 14.3 Å². The second kappa shape index (κ2) is 7.00. The summed E-state index contributed by atoms with van der Waals surface area (Å²) in [6.07, 6.45) is 3.37. The first-order chi connectivity index (χ1) is 13.2. The van der Waals surface area contributed by atoms with Gasteiger partial charge in [0, 0.05) is 16.8 Å². The van der Waals surface area contributed by atoms with Crippen molar-refractivity contribution in [2.45, 2.75) is 0 Å². The monoisotopic (exact) mass is 357 g/mol. The van der Waals surface area contributed by atoms with E-state index in [1.54, 1.807) is 30.9 Å². The highest BCUT2D eigenvalue weighted by molar-refractivity contribution is 6.15. The van der Waals surface area contributed by atoms with Crippen molar-refractivity contribution in [1.82, 2.24) is 4.57 Å². The minimum atomic E-state index is -0.0952. The van der Waals surface area contributed by atoms with E-state index in [1.165, 1.54) is 0 Å². The molecule has 134 valence electrons. The van der Waals surface area contributed by atoms with Gasteiger partial charge in [-0.05, 0) is 35.9 Å². The first-order valence-electron chi connectivity index (χ1n) is 8.65. The molecular formula is C23H19NO3. The molecule has 0 aliphatic heterocycles. The van der Waals surface area contributed by atoms with E-state index in [0.29, 0.717) is 11.5 Å². The molecule has 27 heavy (non-hydrogen) atoms. The fourth-order valence-corrected chi connectivity index (χ4v) is 3.36. The Morgan fingerprint density at radius 1 is 0.815 bits per heavy atom. The zero-order chi connectivity index (χ0) is 18.8. The number of methoxy groups -OCH3 is 2. The maximum Gasteiger partial charge on any atom is 0.255 e. The van der Waals surface area contributed by atoms with E-state index in [4.69, 9.17) is 9.47 Å². The summed E-state index contributed by atoms with van der Waals surface area (Å²) < 4.78 is 12.3. The van der Waals surface area contributed by atoms with Crippen LogP contribution in [0, 0.1) is 0 Å². The van der Waals surface area contributed by atoms with Gasteiger partial charge in [-0.25, -0.2) is 0 Å². The molecule has 0 saturated heterocycles. The molecule has 0 spiro atoms. The summed E-state index contributed by atoms with van der Waals surface area (Å²) in [7, 11) is 3.19. The number of hydrogen-bond acceptors (Lipinski definition) is 3. The number of carbonyl (C=O) groups is 1. The SMILES string of the molecule is COc1ccc(C=CC(=O)n2c3ccccc3c3ccccc32)cc1OC. The van der Waals surface area contributed by atoms with Crippen LogP contribution in [0.5, 0.6) is 11.5 Å². The van der Waals surface area contributed by atoms with Gasteiger partial charge < -0.3 is 9.47 Å². The Morgan fingerprint density at radius 2 is 1.41 bits per heavy atom. The van der Waals surface area contributed by atoms with E-state index in [0.717, 1.165) is 27.4 Å². The topological polar surface area (TPSA) is 40.5 Å². The van der Waals surface area contributed by atoms with Crippen LogP contribution in [0.1, 0.15) is 10.4 Å². The molecule has 1 heterocycles. The Hall–Kier alpha value is -3.53. The molecule has 0 bridgehead atoms. The Bertz CT molecular complexity index is 1120. The third kappa shape index (κ3) is 2.95. The zero-order valence-electron chi connectivity index (χ0n) is 15.2. The van der Waals surface area contributed by atoms with Crippen LogP contribution in [0.2, 0.25) is 0 Å². The van der Waals surface area contributed by atoms with Crippen LogP contribution in [0.4, 0.5) is 0 Å². The molecule has 0 aliphatic rings. The lowest BCUT2D eigenvalue weighted by Gasteiger charge is -2.07. The van der Waals surface area contributed by atoms with Crippen LogP contribution in [0.15, 0.2) is 72.8 Å². The molecule has 1 aromatic heterocycles. The number of hydrogen-bond donors (Lipinski definition) is 0. The predicted molar refractivity (Wildman–Crippen MR) is 109 cm³/mol. The van der Waals surface area contributed by atoms with E-state index in [9.17, 15) is 4.79 Å². The van der Waals surface area contributed by atoms with E-state index in [1.807, 2.05) is 66.7 Å². The predicted octanol–water partition coefficient (Wildman–Crippen LogP) is 5.17. The van der Waals surface area contributed by atoms with Crippen molar-refractivity contribution in [3.8, 4) is 11.5 Å². The molecule has 0 unspecified atom stereocenters. The maximum atomic E-state index is 13.0. The van der Waals surface area contributed by atoms with Crippen LogP contribution in [-0.4, -0.2) is 24.7 Å². The van der Waals surface area contributed by atoms with Crippen molar-refractivity contribution in [2.75, 3.05) is 14.2 Å². The van der Waals surface area contributed by atoms with Crippen LogP contribution < -0.4 is 9.47 Å². The summed E-state index contributed by atoms with van der Waals surface area (Å²) in [5.41, 5.74) is 2.67. The molecule has 0 atom stereocenters. The Kier molecular flexibility index (Phi) is 4.38. The van der Waals surface area contributed by atoms with Gasteiger partial charge in [-0.3, -0.25) is 9.36 Å². The second-order valence-corrected chi connectivity index (χ2v) is 6.16. The van der Waals surface area contributed by atoms with E-state index < -0.39 is 0 Å². The molecule has 0 aliphatic carbocycles. The Morgan fingerprint density at radius 3 is 2.00 bits per heavy atom. The highest BCUT2D eigenvalue weighted by atomic mass is 16.5. The lowest BCUT2D eigenvalue weighted by molar-refractivity contribution is 0.0979. The van der Waals surface area contributed by atoms with Crippen LogP contribution in [-0.2, 0) is 0 Å². The molecule has 0 N–H and O–H groups in total. The standard InChI is InChI=1S/C23H19NO3/c1-26-21-13-11-16(15-22(21)27-2)12-14-23(25)24-19-9-5-3-7-17(19)18-8-4-6-10-20(18)24/h3-15H,1-2H3. The van der Waals surface area contributed by atoms with Crippen molar-refractivity contribution in [3.05, 3.63) is 78.4 Å². The molecule has 4 aromatic rings. The molecule has 4 rings (SSSR count). The molecule has 4 nitrogen and oxygen atoms in total. The van der Waals surface area contributed by atoms with Crippen molar-refractivity contribution in [2.24, 2.45) is 0 Å². The number of aromatic nitrogens is 1. The van der Waals surface area contributed by atoms with Gasteiger partial charge in [-0.2, -0.15) is 0 Å². The summed E-state index contributed by atoms with van der Waals surface area (Å²) in [5, 5.41) is 2.14. The fourth-order valence-electron chi connectivity index (χ4n) is 3.36. The van der Waals surface area contributed by atoms with Crippen molar-refractivity contribution in [1.29, 1.82) is 0 Å². The lowest BCUT2D eigenvalue weighted by Crippen LogP contribution is -2.06. The minimum Gasteiger partial charge on any atom is -0.493 e. The normalized spacial score (nSPS) is 11.3. The van der Waals surface area contributed by atoms with Crippen molar-refractivity contribution >= 4 is 33.8 Å². The van der Waals surface area contributed by atoms with Gasteiger partial charge in [0.1, 0.15) is 0 Å². The fraction of sp³-hybridized carbons (Fsp3) is 0.0870. The highest BCUT2D eigenvalue weighted by Crippen LogP contribution is 2.30. The van der Waals surface area contributed by atoms with Gasteiger partial charge in [0.05, 0.1) is 25.3 Å². The smallest absolute Gasteiger partial charge is 0.255 e. The average molecular weight is 357 g/mol. The molecule has 0 saturated carbocycles. The summed E-state index contributed by atoms with van der Waals surface area (Å²) in [5.74, 6) is 1.19. The summed E-state index contributed by atoms with van der Waals surface area (Å²) >= 11 is 0. The number of fused-ring (bicyclic) bond motifs is 3. The number of para-hydroxylation sites is 2. The molecule has 4 heteroatoms. The Labute approximate surface area is 157 Å². The zero-order valence-corrected chi connectivity index (χ0v) is 15.2. The minimum absolute atomic E-state index is 0.0952. The number of allylic oxidation sites excluding steroid dienone is 1.